The fourth-order valence-corrected chi connectivity index (χ4v) is 2.66. The maximum absolute atomic E-state index is 6.04. The molecule has 0 aliphatic carbocycles. The van der Waals surface area contributed by atoms with Crippen LogP contribution in [-0.2, 0) is 0 Å². The SMILES string of the molecule is Clc1ccc2c(c1)Oc1ccccc1C=C2CBr. The molecule has 1 aliphatic rings. The minimum absolute atomic E-state index is 0.682. The van der Waals surface area contributed by atoms with Gasteiger partial charge in [0.05, 0.1) is 0 Å². The lowest BCUT2D eigenvalue weighted by Gasteiger charge is -2.10. The molecule has 0 N–H and O–H groups in total. The van der Waals surface area contributed by atoms with Crippen molar-refractivity contribution < 1.29 is 4.74 Å². The van der Waals surface area contributed by atoms with Crippen LogP contribution in [-0.4, -0.2) is 5.33 Å². The summed E-state index contributed by atoms with van der Waals surface area (Å²) >= 11 is 9.57. The fourth-order valence-electron chi connectivity index (χ4n) is 2.03. The molecule has 0 saturated heterocycles. The van der Waals surface area contributed by atoms with E-state index in [9.17, 15) is 0 Å². The maximum Gasteiger partial charge on any atom is 0.136 e. The van der Waals surface area contributed by atoms with E-state index in [4.69, 9.17) is 16.3 Å². The van der Waals surface area contributed by atoms with Crippen LogP contribution in [0.5, 0.6) is 11.5 Å². The minimum atomic E-state index is 0.682. The first-order chi connectivity index (χ1) is 8.78. The molecule has 0 spiro atoms. The van der Waals surface area contributed by atoms with Crippen LogP contribution in [0.3, 0.4) is 0 Å². The fraction of sp³-hybridized carbons (Fsp3) is 0.0667. The van der Waals surface area contributed by atoms with Gasteiger partial charge in [-0.1, -0.05) is 45.7 Å². The molecule has 0 amide bonds. The smallest absolute Gasteiger partial charge is 0.136 e. The van der Waals surface area contributed by atoms with Crippen LogP contribution in [0.2, 0.25) is 5.02 Å². The Bertz CT molecular complexity index is 634. The molecule has 2 aromatic carbocycles. The second-order valence-electron chi connectivity index (χ2n) is 4.08. The molecule has 3 rings (SSSR count). The highest BCUT2D eigenvalue weighted by atomic mass is 79.9. The van der Waals surface area contributed by atoms with Gasteiger partial charge in [0.1, 0.15) is 11.5 Å². The minimum Gasteiger partial charge on any atom is -0.456 e. The highest BCUT2D eigenvalue weighted by Gasteiger charge is 2.15. The molecule has 3 heteroatoms. The Morgan fingerprint density at radius 1 is 1.06 bits per heavy atom. The summed E-state index contributed by atoms with van der Waals surface area (Å²) in [7, 11) is 0. The number of allylic oxidation sites excluding steroid dienone is 1. The highest BCUT2D eigenvalue weighted by Crippen LogP contribution is 2.39. The van der Waals surface area contributed by atoms with Crippen LogP contribution in [0.1, 0.15) is 11.1 Å². The van der Waals surface area contributed by atoms with E-state index in [1.165, 1.54) is 5.57 Å². The van der Waals surface area contributed by atoms with E-state index in [0.717, 1.165) is 28.0 Å². The number of rotatable bonds is 1. The van der Waals surface area contributed by atoms with E-state index in [1.54, 1.807) is 0 Å². The average Bonchev–Trinajstić information content (AvgIpc) is 2.53. The summed E-state index contributed by atoms with van der Waals surface area (Å²) in [6.45, 7) is 0. The Kier molecular flexibility index (Phi) is 3.14. The number of halogens is 2. The second kappa shape index (κ2) is 4.79. The van der Waals surface area contributed by atoms with Crippen LogP contribution in [0, 0.1) is 0 Å². The summed E-state index contributed by atoms with van der Waals surface area (Å²) in [4.78, 5) is 0. The van der Waals surface area contributed by atoms with Gasteiger partial charge < -0.3 is 4.74 Å². The van der Waals surface area contributed by atoms with Gasteiger partial charge in [-0.25, -0.2) is 0 Å². The summed E-state index contributed by atoms with van der Waals surface area (Å²) in [5.41, 5.74) is 3.35. The molecule has 0 bridgehead atoms. The van der Waals surface area contributed by atoms with E-state index in [-0.39, 0.29) is 0 Å². The number of hydrogen-bond acceptors (Lipinski definition) is 1. The van der Waals surface area contributed by atoms with Gasteiger partial charge >= 0.3 is 0 Å². The van der Waals surface area contributed by atoms with Gasteiger partial charge in [-0.2, -0.15) is 0 Å². The number of fused-ring (bicyclic) bond motifs is 2. The monoisotopic (exact) mass is 320 g/mol. The largest absolute Gasteiger partial charge is 0.456 e. The summed E-state index contributed by atoms with van der Waals surface area (Å²) in [6, 6.07) is 13.7. The Labute approximate surface area is 119 Å². The Balaban J connectivity index is 2.24. The summed E-state index contributed by atoms with van der Waals surface area (Å²) < 4.78 is 5.96. The van der Waals surface area contributed by atoms with Crippen molar-refractivity contribution >= 4 is 39.2 Å². The van der Waals surface area contributed by atoms with Crippen molar-refractivity contribution in [3.63, 3.8) is 0 Å². The summed E-state index contributed by atoms with van der Waals surface area (Å²) in [6.07, 6.45) is 2.14. The molecule has 0 atom stereocenters. The number of benzene rings is 2. The van der Waals surface area contributed by atoms with Crippen molar-refractivity contribution in [2.75, 3.05) is 5.33 Å². The topological polar surface area (TPSA) is 9.23 Å². The summed E-state index contributed by atoms with van der Waals surface area (Å²) in [5.74, 6) is 1.66. The molecule has 1 heterocycles. The lowest BCUT2D eigenvalue weighted by Crippen LogP contribution is -1.89. The molecule has 90 valence electrons. The van der Waals surface area contributed by atoms with Crippen LogP contribution < -0.4 is 4.74 Å². The first-order valence-electron chi connectivity index (χ1n) is 5.61. The number of para-hydroxylation sites is 1. The van der Waals surface area contributed by atoms with Gasteiger partial charge in [0.15, 0.2) is 0 Å². The second-order valence-corrected chi connectivity index (χ2v) is 5.08. The number of ether oxygens (including phenoxy) is 1. The van der Waals surface area contributed by atoms with Crippen molar-refractivity contribution in [1.82, 2.24) is 0 Å². The molecule has 0 saturated carbocycles. The zero-order valence-electron chi connectivity index (χ0n) is 9.49. The first-order valence-corrected chi connectivity index (χ1v) is 7.11. The van der Waals surface area contributed by atoms with Gasteiger partial charge in [0.2, 0.25) is 0 Å². The van der Waals surface area contributed by atoms with E-state index >= 15 is 0 Å². The third-order valence-electron chi connectivity index (χ3n) is 2.90. The van der Waals surface area contributed by atoms with Crippen molar-refractivity contribution in [2.24, 2.45) is 0 Å². The standard InChI is InChI=1S/C15H10BrClO/c16-9-11-7-10-3-1-2-4-14(10)18-15-8-12(17)5-6-13(11)15/h1-8H,9H2. The molecule has 1 aliphatic heterocycles. The molecular formula is C15H10BrClO. The van der Waals surface area contributed by atoms with Crippen molar-refractivity contribution in [1.29, 1.82) is 0 Å². The molecule has 0 aromatic heterocycles. The molecule has 0 unspecified atom stereocenters. The molecule has 18 heavy (non-hydrogen) atoms. The van der Waals surface area contributed by atoms with E-state index in [1.807, 2.05) is 42.5 Å². The van der Waals surface area contributed by atoms with E-state index in [0.29, 0.717) is 5.02 Å². The van der Waals surface area contributed by atoms with Crippen LogP contribution in [0.25, 0.3) is 11.6 Å². The summed E-state index contributed by atoms with van der Waals surface area (Å²) in [5, 5.41) is 1.46. The van der Waals surface area contributed by atoms with Crippen molar-refractivity contribution in [2.45, 2.75) is 0 Å². The van der Waals surface area contributed by atoms with Crippen LogP contribution >= 0.6 is 27.5 Å². The van der Waals surface area contributed by atoms with Crippen molar-refractivity contribution in [3.05, 3.63) is 58.6 Å². The molecular weight excluding hydrogens is 312 g/mol. The van der Waals surface area contributed by atoms with Crippen molar-refractivity contribution in [3.8, 4) is 11.5 Å². The Hall–Kier alpha value is -1.25. The van der Waals surface area contributed by atoms with E-state index in [2.05, 4.69) is 22.0 Å². The lowest BCUT2D eigenvalue weighted by atomic mass is 10.0. The van der Waals surface area contributed by atoms with Crippen LogP contribution in [0.4, 0.5) is 0 Å². The zero-order valence-corrected chi connectivity index (χ0v) is 11.8. The van der Waals surface area contributed by atoms with Gasteiger partial charge in [-0.15, -0.1) is 0 Å². The third-order valence-corrected chi connectivity index (χ3v) is 3.74. The predicted octanol–water partition coefficient (Wildman–Crippen LogP) is 5.38. The third kappa shape index (κ3) is 2.06. The lowest BCUT2D eigenvalue weighted by molar-refractivity contribution is 0.481. The Morgan fingerprint density at radius 3 is 2.72 bits per heavy atom. The quantitative estimate of drug-likeness (QED) is 0.641. The van der Waals surface area contributed by atoms with Gasteiger partial charge in [-0.05, 0) is 29.8 Å². The predicted molar refractivity (Wildman–Crippen MR) is 79.6 cm³/mol. The molecule has 0 radical (unpaired) electrons. The number of alkyl halides is 1. The van der Waals surface area contributed by atoms with E-state index < -0.39 is 0 Å². The highest BCUT2D eigenvalue weighted by molar-refractivity contribution is 9.09. The van der Waals surface area contributed by atoms with Gasteiger partial charge in [-0.3, -0.25) is 0 Å². The molecule has 0 fully saturated rings. The zero-order chi connectivity index (χ0) is 12.5. The number of hydrogen-bond donors (Lipinski definition) is 0. The first kappa shape index (κ1) is 11.8. The van der Waals surface area contributed by atoms with Gasteiger partial charge in [0.25, 0.3) is 0 Å². The van der Waals surface area contributed by atoms with Crippen LogP contribution in [0.15, 0.2) is 42.5 Å². The van der Waals surface area contributed by atoms with Gasteiger partial charge in [0, 0.05) is 27.5 Å². The molecule has 1 nitrogen and oxygen atoms in total. The Morgan fingerprint density at radius 2 is 1.89 bits per heavy atom. The maximum atomic E-state index is 6.04. The normalized spacial score (nSPS) is 12.9. The average molecular weight is 322 g/mol. The molecule has 2 aromatic rings.